The van der Waals surface area contributed by atoms with Crippen LogP contribution in [0.1, 0.15) is 82.6 Å². The first-order chi connectivity index (χ1) is 14.0. The van der Waals surface area contributed by atoms with E-state index in [-0.39, 0.29) is 12.1 Å². The maximum Gasteiger partial charge on any atom is 0.243 e. The Hall–Kier alpha value is -0.140. The van der Waals surface area contributed by atoms with E-state index in [4.69, 9.17) is 0 Å². The minimum absolute atomic E-state index is 0.184. The van der Waals surface area contributed by atoms with Crippen molar-refractivity contribution < 1.29 is 8.42 Å². The van der Waals surface area contributed by atoms with Crippen LogP contribution in [0.3, 0.4) is 0 Å². The Kier molecular flexibility index (Phi) is 7.27. The first-order valence-electron chi connectivity index (χ1n) is 11.7. The van der Waals surface area contributed by atoms with Gasteiger partial charge in [0.15, 0.2) is 0 Å². The van der Waals surface area contributed by atoms with E-state index in [1.807, 2.05) is 31.2 Å². The molecule has 1 aromatic rings. The molecular formula is C24H36INO2S. The van der Waals surface area contributed by atoms with Crippen LogP contribution in [0.15, 0.2) is 29.2 Å². The molecule has 0 spiro atoms. The molecule has 3 nitrogen and oxygen atoms in total. The van der Waals surface area contributed by atoms with Crippen molar-refractivity contribution in [2.75, 3.05) is 0 Å². The van der Waals surface area contributed by atoms with Gasteiger partial charge in [0.05, 0.1) is 4.90 Å². The molecule has 162 valence electrons. The molecule has 0 amide bonds. The molecule has 1 saturated heterocycles. The lowest BCUT2D eigenvalue weighted by molar-refractivity contribution is 0.0722. The van der Waals surface area contributed by atoms with Gasteiger partial charge in [-0.1, -0.05) is 78.8 Å². The maximum atomic E-state index is 14.0. The van der Waals surface area contributed by atoms with Crippen molar-refractivity contribution in [1.29, 1.82) is 0 Å². The molecule has 3 aliphatic rings. The zero-order chi connectivity index (χ0) is 20.4. The first kappa shape index (κ1) is 22.1. The third-order valence-corrected chi connectivity index (χ3v) is 10.6. The fraction of sp³-hybridized carbons (Fsp3) is 0.750. The van der Waals surface area contributed by atoms with Gasteiger partial charge in [-0.15, -0.1) is 0 Å². The minimum Gasteiger partial charge on any atom is -0.207 e. The summed E-state index contributed by atoms with van der Waals surface area (Å²) in [5, 5.41) is 0. The van der Waals surface area contributed by atoms with E-state index in [1.165, 1.54) is 64.2 Å². The van der Waals surface area contributed by atoms with E-state index in [9.17, 15) is 8.42 Å². The number of alkyl halides is 1. The average molecular weight is 530 g/mol. The predicted molar refractivity (Wildman–Crippen MR) is 128 cm³/mol. The van der Waals surface area contributed by atoms with Gasteiger partial charge in [0.1, 0.15) is 0 Å². The summed E-state index contributed by atoms with van der Waals surface area (Å²) in [5.74, 6) is 1.07. The standard InChI is InChI=1S/C24H36INO2S/c1-18-12-14-22(15-13-18)29(27,28)26-23(19-8-4-2-5-9-19)16-21(25)17-24(26)20-10-6-3-7-11-20/h12-15,19-21,23-24H,2-11,16-17H2,1H3/t21?,23-,24+. The third-order valence-electron chi connectivity index (χ3n) is 7.63. The molecule has 1 unspecified atom stereocenters. The molecule has 0 aromatic heterocycles. The summed E-state index contributed by atoms with van der Waals surface area (Å²) in [4.78, 5) is 0.497. The number of hydrogen-bond donors (Lipinski definition) is 0. The first-order valence-corrected chi connectivity index (χ1v) is 14.4. The van der Waals surface area contributed by atoms with Crippen LogP contribution >= 0.6 is 22.6 Å². The number of halogens is 1. The molecule has 1 heterocycles. The van der Waals surface area contributed by atoms with Gasteiger partial charge in [-0.3, -0.25) is 0 Å². The SMILES string of the molecule is Cc1ccc(S(=O)(=O)N2[C@@H](C3CCCCC3)CC(I)C[C@H]2C2CCCCC2)cc1. The van der Waals surface area contributed by atoms with Crippen LogP contribution in [-0.2, 0) is 10.0 Å². The number of rotatable bonds is 4. The number of aryl methyl sites for hydroxylation is 1. The zero-order valence-corrected chi connectivity index (χ0v) is 20.7. The molecule has 4 rings (SSSR count). The molecule has 29 heavy (non-hydrogen) atoms. The topological polar surface area (TPSA) is 37.4 Å². The average Bonchev–Trinajstić information content (AvgIpc) is 2.74. The highest BCUT2D eigenvalue weighted by Crippen LogP contribution is 2.45. The second-order valence-corrected chi connectivity index (χ2v) is 13.3. The van der Waals surface area contributed by atoms with Gasteiger partial charge in [0.2, 0.25) is 10.0 Å². The molecule has 1 aliphatic heterocycles. The Bertz CT molecular complexity index is 739. The molecule has 3 fully saturated rings. The van der Waals surface area contributed by atoms with Crippen LogP contribution in [0.2, 0.25) is 0 Å². The van der Waals surface area contributed by atoms with Crippen molar-refractivity contribution in [1.82, 2.24) is 4.31 Å². The van der Waals surface area contributed by atoms with Gasteiger partial charge < -0.3 is 0 Å². The molecule has 5 heteroatoms. The zero-order valence-electron chi connectivity index (χ0n) is 17.7. The molecule has 1 aromatic carbocycles. The Morgan fingerprint density at radius 3 is 1.69 bits per heavy atom. The van der Waals surface area contributed by atoms with E-state index >= 15 is 0 Å². The fourth-order valence-corrected chi connectivity index (χ4v) is 9.10. The maximum absolute atomic E-state index is 14.0. The van der Waals surface area contributed by atoms with Gasteiger partial charge in [-0.25, -0.2) is 8.42 Å². The van der Waals surface area contributed by atoms with Gasteiger partial charge in [0.25, 0.3) is 0 Å². The van der Waals surface area contributed by atoms with Crippen molar-refractivity contribution >= 4 is 32.6 Å². The summed E-state index contributed by atoms with van der Waals surface area (Å²) in [5.41, 5.74) is 1.11. The number of nitrogens with zero attached hydrogens (tertiary/aromatic N) is 1. The number of sulfonamides is 1. The van der Waals surface area contributed by atoms with Crippen LogP contribution in [0.4, 0.5) is 0 Å². The van der Waals surface area contributed by atoms with Crippen molar-refractivity contribution in [3.8, 4) is 0 Å². The normalized spacial score (nSPS) is 31.0. The highest BCUT2D eigenvalue weighted by Gasteiger charge is 2.47. The molecule has 2 saturated carbocycles. The van der Waals surface area contributed by atoms with E-state index in [1.54, 1.807) is 0 Å². The Labute approximate surface area is 191 Å². The number of piperidine rings is 1. The van der Waals surface area contributed by atoms with Gasteiger partial charge >= 0.3 is 0 Å². The van der Waals surface area contributed by atoms with Crippen LogP contribution in [0.5, 0.6) is 0 Å². The largest absolute Gasteiger partial charge is 0.243 e. The summed E-state index contributed by atoms with van der Waals surface area (Å²) in [7, 11) is -3.47. The van der Waals surface area contributed by atoms with Crippen molar-refractivity contribution in [3.63, 3.8) is 0 Å². The molecule has 3 atom stereocenters. The van der Waals surface area contributed by atoms with Gasteiger partial charge in [0, 0.05) is 16.0 Å². The van der Waals surface area contributed by atoms with Crippen molar-refractivity contribution in [2.24, 2.45) is 11.8 Å². The van der Waals surface area contributed by atoms with Crippen LogP contribution < -0.4 is 0 Å². The Morgan fingerprint density at radius 1 is 0.793 bits per heavy atom. The van der Waals surface area contributed by atoms with Crippen LogP contribution in [0, 0.1) is 18.8 Å². The predicted octanol–water partition coefficient (Wildman–Crippen LogP) is 6.48. The summed E-state index contributed by atoms with van der Waals surface area (Å²) in [6, 6.07) is 7.92. The van der Waals surface area contributed by atoms with Gasteiger partial charge in [-0.2, -0.15) is 4.31 Å². The summed E-state index contributed by atoms with van der Waals surface area (Å²) in [6.07, 6.45) is 14.5. The Morgan fingerprint density at radius 2 is 1.24 bits per heavy atom. The lowest BCUT2D eigenvalue weighted by Gasteiger charge is -2.50. The number of hydrogen-bond acceptors (Lipinski definition) is 2. The molecule has 0 N–H and O–H groups in total. The molecule has 0 bridgehead atoms. The quantitative estimate of drug-likeness (QED) is 0.331. The number of benzene rings is 1. The van der Waals surface area contributed by atoms with E-state index in [0.29, 0.717) is 20.7 Å². The third kappa shape index (κ3) is 4.87. The molecule has 0 radical (unpaired) electrons. The lowest BCUT2D eigenvalue weighted by Crippen LogP contribution is -2.57. The summed E-state index contributed by atoms with van der Waals surface area (Å²) < 4.78 is 30.7. The molecule has 2 aliphatic carbocycles. The van der Waals surface area contributed by atoms with E-state index in [0.717, 1.165) is 18.4 Å². The fourth-order valence-electron chi connectivity index (χ4n) is 6.10. The highest BCUT2D eigenvalue weighted by molar-refractivity contribution is 14.1. The Balaban J connectivity index is 1.73. The summed E-state index contributed by atoms with van der Waals surface area (Å²) >= 11 is 2.62. The van der Waals surface area contributed by atoms with Crippen LogP contribution in [0.25, 0.3) is 0 Å². The highest BCUT2D eigenvalue weighted by atomic mass is 127. The van der Waals surface area contributed by atoms with Crippen molar-refractivity contribution in [2.45, 2.75) is 105 Å². The minimum atomic E-state index is -3.47. The second kappa shape index (κ2) is 9.56. The van der Waals surface area contributed by atoms with Gasteiger partial charge in [-0.05, 0) is 69.4 Å². The molecular weight excluding hydrogens is 493 g/mol. The van der Waals surface area contributed by atoms with E-state index < -0.39 is 10.0 Å². The van der Waals surface area contributed by atoms with Crippen LogP contribution in [-0.4, -0.2) is 28.7 Å². The van der Waals surface area contributed by atoms with Crippen molar-refractivity contribution in [3.05, 3.63) is 29.8 Å². The summed E-state index contributed by atoms with van der Waals surface area (Å²) in [6.45, 7) is 2.02. The lowest BCUT2D eigenvalue weighted by atomic mass is 9.75. The second-order valence-electron chi connectivity index (χ2n) is 9.65. The monoisotopic (exact) mass is 529 g/mol. The smallest absolute Gasteiger partial charge is 0.207 e. The van der Waals surface area contributed by atoms with E-state index in [2.05, 4.69) is 26.9 Å².